The molecule has 2 heterocycles. The molecule has 1 aromatic heterocycles. The lowest BCUT2D eigenvalue weighted by Crippen LogP contribution is -2.29. The lowest BCUT2D eigenvalue weighted by atomic mass is 9.90. The van der Waals surface area contributed by atoms with Gasteiger partial charge in [0.15, 0.2) is 0 Å². The Morgan fingerprint density at radius 1 is 1.32 bits per heavy atom. The number of hydrogen-bond acceptors (Lipinski definition) is 3. The van der Waals surface area contributed by atoms with Crippen LogP contribution in [-0.4, -0.2) is 29.3 Å². The quantitative estimate of drug-likeness (QED) is 0.879. The van der Waals surface area contributed by atoms with Crippen LogP contribution in [0.15, 0.2) is 36.5 Å². The van der Waals surface area contributed by atoms with Gasteiger partial charge in [0, 0.05) is 29.8 Å². The van der Waals surface area contributed by atoms with Crippen LogP contribution < -0.4 is 10.1 Å². The fraction of sp³-hybridized carbons (Fsp3) is 0.294. The molecule has 1 unspecified atom stereocenters. The fourth-order valence-corrected chi connectivity index (χ4v) is 2.87. The van der Waals surface area contributed by atoms with Gasteiger partial charge in [-0.05, 0) is 18.1 Å². The van der Waals surface area contributed by atoms with Crippen molar-refractivity contribution < 1.29 is 27.8 Å². The summed E-state index contributed by atoms with van der Waals surface area (Å²) in [7, 11) is 0. The van der Waals surface area contributed by atoms with E-state index in [0.29, 0.717) is 29.9 Å². The maximum absolute atomic E-state index is 12.7. The standard InChI is InChI=1S/C17H15F3N2O3/c18-17(19,20)14-5-4-10(8-21-14)12-2-1-3-13-11(9-22-16(23)24)6-7-25-15(12)13/h1-5,8,11,22H,6-7,9H2,(H,23,24). The number of rotatable bonds is 3. The van der Waals surface area contributed by atoms with Crippen LogP contribution in [0.25, 0.3) is 11.1 Å². The summed E-state index contributed by atoms with van der Waals surface area (Å²) >= 11 is 0. The van der Waals surface area contributed by atoms with E-state index >= 15 is 0 Å². The summed E-state index contributed by atoms with van der Waals surface area (Å²) in [6.45, 7) is 0.657. The average molecular weight is 352 g/mol. The predicted octanol–water partition coefficient (Wildman–Crippen LogP) is 3.90. The highest BCUT2D eigenvalue weighted by Crippen LogP contribution is 2.41. The Hall–Kier alpha value is -2.77. The number of benzene rings is 1. The number of ether oxygens (including phenoxy) is 1. The molecule has 2 aromatic rings. The molecule has 1 amide bonds. The minimum Gasteiger partial charge on any atom is -0.493 e. The zero-order valence-corrected chi connectivity index (χ0v) is 13.0. The van der Waals surface area contributed by atoms with E-state index in [1.165, 1.54) is 12.3 Å². The lowest BCUT2D eigenvalue weighted by Gasteiger charge is -2.27. The zero-order valence-electron chi connectivity index (χ0n) is 13.0. The SMILES string of the molecule is O=C(O)NCC1CCOc2c(-c3ccc(C(F)(F)F)nc3)cccc21. The highest BCUT2D eigenvalue weighted by molar-refractivity contribution is 5.72. The van der Waals surface area contributed by atoms with Crippen LogP contribution in [-0.2, 0) is 6.18 Å². The van der Waals surface area contributed by atoms with Crippen LogP contribution in [0.1, 0.15) is 23.6 Å². The van der Waals surface area contributed by atoms with Crippen LogP contribution in [0, 0.1) is 0 Å². The zero-order chi connectivity index (χ0) is 18.0. The van der Waals surface area contributed by atoms with E-state index in [4.69, 9.17) is 9.84 Å². The molecule has 1 aromatic carbocycles. The van der Waals surface area contributed by atoms with Gasteiger partial charge in [0.1, 0.15) is 11.4 Å². The number of carbonyl (C=O) groups is 1. The third-order valence-electron chi connectivity index (χ3n) is 4.06. The first-order chi connectivity index (χ1) is 11.9. The Morgan fingerprint density at radius 2 is 2.12 bits per heavy atom. The molecular formula is C17H15F3N2O3. The summed E-state index contributed by atoms with van der Waals surface area (Å²) < 4.78 is 43.7. The van der Waals surface area contributed by atoms with Crippen LogP contribution in [0.4, 0.5) is 18.0 Å². The molecule has 5 nitrogen and oxygen atoms in total. The molecule has 3 rings (SSSR count). The fourth-order valence-electron chi connectivity index (χ4n) is 2.87. The van der Waals surface area contributed by atoms with Crippen molar-refractivity contribution in [2.24, 2.45) is 0 Å². The van der Waals surface area contributed by atoms with E-state index in [9.17, 15) is 18.0 Å². The third-order valence-corrected chi connectivity index (χ3v) is 4.06. The molecule has 0 spiro atoms. The summed E-state index contributed by atoms with van der Waals surface area (Å²) in [6.07, 6.45) is -3.77. The van der Waals surface area contributed by atoms with Gasteiger partial charge in [-0.2, -0.15) is 13.2 Å². The number of amides is 1. The Morgan fingerprint density at radius 3 is 2.76 bits per heavy atom. The number of aromatic nitrogens is 1. The van der Waals surface area contributed by atoms with Crippen LogP contribution in [0.3, 0.4) is 0 Å². The van der Waals surface area contributed by atoms with Crippen molar-refractivity contribution in [3.8, 4) is 16.9 Å². The van der Waals surface area contributed by atoms with E-state index in [1.807, 2.05) is 6.07 Å². The molecule has 0 saturated heterocycles. The van der Waals surface area contributed by atoms with E-state index in [2.05, 4.69) is 10.3 Å². The van der Waals surface area contributed by atoms with Gasteiger partial charge in [-0.3, -0.25) is 4.98 Å². The van der Waals surface area contributed by atoms with E-state index in [1.54, 1.807) is 12.1 Å². The molecule has 8 heteroatoms. The summed E-state index contributed by atoms with van der Waals surface area (Å²) in [6, 6.07) is 7.64. The number of alkyl halides is 3. The van der Waals surface area contributed by atoms with Gasteiger partial charge < -0.3 is 15.2 Å². The lowest BCUT2D eigenvalue weighted by molar-refractivity contribution is -0.141. The van der Waals surface area contributed by atoms with Crippen molar-refractivity contribution in [3.63, 3.8) is 0 Å². The maximum Gasteiger partial charge on any atom is 0.433 e. The molecule has 0 fully saturated rings. The first kappa shape index (κ1) is 17.1. The summed E-state index contributed by atoms with van der Waals surface area (Å²) in [5.41, 5.74) is 1.03. The van der Waals surface area contributed by atoms with Crippen molar-refractivity contribution in [3.05, 3.63) is 47.8 Å². The van der Waals surface area contributed by atoms with E-state index in [-0.39, 0.29) is 12.5 Å². The summed E-state index contributed by atoms with van der Waals surface area (Å²) in [5.74, 6) is 0.509. The van der Waals surface area contributed by atoms with Crippen molar-refractivity contribution in [2.45, 2.75) is 18.5 Å². The highest BCUT2D eigenvalue weighted by Gasteiger charge is 2.32. The van der Waals surface area contributed by atoms with Crippen LogP contribution in [0.2, 0.25) is 0 Å². The van der Waals surface area contributed by atoms with Gasteiger partial charge in [0.05, 0.1) is 6.61 Å². The first-order valence-corrected chi connectivity index (χ1v) is 7.62. The second-order valence-corrected chi connectivity index (χ2v) is 5.67. The molecule has 1 atom stereocenters. The van der Waals surface area contributed by atoms with E-state index < -0.39 is 18.0 Å². The molecule has 2 N–H and O–H groups in total. The number of carboxylic acid groups (broad SMARTS) is 1. The number of halogens is 3. The monoisotopic (exact) mass is 352 g/mol. The minimum atomic E-state index is -4.49. The Balaban J connectivity index is 1.93. The minimum absolute atomic E-state index is 0.0535. The van der Waals surface area contributed by atoms with Gasteiger partial charge in [-0.1, -0.05) is 24.3 Å². The summed E-state index contributed by atoms with van der Waals surface area (Å²) in [4.78, 5) is 14.2. The molecule has 0 radical (unpaired) electrons. The number of pyridine rings is 1. The molecule has 25 heavy (non-hydrogen) atoms. The van der Waals surface area contributed by atoms with Crippen molar-refractivity contribution in [1.29, 1.82) is 0 Å². The highest BCUT2D eigenvalue weighted by atomic mass is 19.4. The topological polar surface area (TPSA) is 71.5 Å². The Bertz CT molecular complexity index is 776. The average Bonchev–Trinajstić information content (AvgIpc) is 2.58. The van der Waals surface area contributed by atoms with Gasteiger partial charge in [0.2, 0.25) is 0 Å². The molecule has 1 aliphatic heterocycles. The Labute approximate surface area is 141 Å². The number of para-hydroxylation sites is 1. The summed E-state index contributed by atoms with van der Waals surface area (Å²) in [5, 5.41) is 11.1. The largest absolute Gasteiger partial charge is 0.493 e. The van der Waals surface area contributed by atoms with Crippen LogP contribution in [0.5, 0.6) is 5.75 Å². The molecule has 1 aliphatic rings. The number of nitrogens with one attached hydrogen (secondary N) is 1. The number of fused-ring (bicyclic) bond motifs is 1. The van der Waals surface area contributed by atoms with Crippen molar-refractivity contribution >= 4 is 6.09 Å². The van der Waals surface area contributed by atoms with Gasteiger partial charge in [0.25, 0.3) is 0 Å². The van der Waals surface area contributed by atoms with Gasteiger partial charge in [-0.25, -0.2) is 4.79 Å². The van der Waals surface area contributed by atoms with Gasteiger partial charge in [-0.15, -0.1) is 0 Å². The van der Waals surface area contributed by atoms with Gasteiger partial charge >= 0.3 is 12.3 Å². The second-order valence-electron chi connectivity index (χ2n) is 5.67. The van der Waals surface area contributed by atoms with Crippen molar-refractivity contribution in [1.82, 2.24) is 10.3 Å². The molecule has 0 bridgehead atoms. The number of nitrogens with zero attached hydrogens (tertiary/aromatic N) is 1. The number of hydrogen-bond donors (Lipinski definition) is 2. The molecule has 0 aliphatic carbocycles. The predicted molar refractivity (Wildman–Crippen MR) is 83.6 cm³/mol. The molecule has 0 saturated carbocycles. The van der Waals surface area contributed by atoms with E-state index in [0.717, 1.165) is 11.6 Å². The molecule has 132 valence electrons. The second kappa shape index (κ2) is 6.62. The Kier molecular flexibility index (Phi) is 4.52. The maximum atomic E-state index is 12.7. The van der Waals surface area contributed by atoms with Crippen LogP contribution >= 0.6 is 0 Å². The van der Waals surface area contributed by atoms with Crippen molar-refractivity contribution in [2.75, 3.05) is 13.2 Å². The normalized spacial score (nSPS) is 16.7. The smallest absolute Gasteiger partial charge is 0.433 e. The molecular weight excluding hydrogens is 337 g/mol. The first-order valence-electron chi connectivity index (χ1n) is 7.62. The third kappa shape index (κ3) is 3.67.